The Balaban J connectivity index is 1.99. The van der Waals surface area contributed by atoms with Crippen LogP contribution in [0.1, 0.15) is 35.7 Å². The summed E-state index contributed by atoms with van der Waals surface area (Å²) in [4.78, 5) is 16.1. The van der Waals surface area contributed by atoms with Crippen LogP contribution in [0.2, 0.25) is 0 Å². The number of aromatic nitrogens is 1. The molecule has 0 saturated heterocycles. The molecule has 1 amide bonds. The lowest BCUT2D eigenvalue weighted by Gasteiger charge is -2.06. The SMILES string of the molecule is CCCCc1ccc(NC(=O)c2ccc(Br)nc2)cc1. The van der Waals surface area contributed by atoms with Gasteiger partial charge in [-0.15, -0.1) is 0 Å². The van der Waals surface area contributed by atoms with Crippen LogP contribution in [0.4, 0.5) is 5.69 Å². The molecule has 0 atom stereocenters. The van der Waals surface area contributed by atoms with Gasteiger partial charge in [0, 0.05) is 11.9 Å². The average Bonchev–Trinajstić information content (AvgIpc) is 2.47. The Morgan fingerprint density at radius 2 is 1.95 bits per heavy atom. The van der Waals surface area contributed by atoms with Crippen molar-refractivity contribution in [3.05, 3.63) is 58.3 Å². The van der Waals surface area contributed by atoms with Gasteiger partial charge in [0.15, 0.2) is 0 Å². The van der Waals surface area contributed by atoms with Crippen LogP contribution < -0.4 is 5.32 Å². The van der Waals surface area contributed by atoms with Gasteiger partial charge in [0.1, 0.15) is 4.60 Å². The van der Waals surface area contributed by atoms with Gasteiger partial charge in [-0.05, 0) is 58.6 Å². The maximum absolute atomic E-state index is 12.0. The maximum atomic E-state index is 12.0. The minimum absolute atomic E-state index is 0.147. The summed E-state index contributed by atoms with van der Waals surface area (Å²) in [6, 6.07) is 11.5. The number of carbonyl (C=O) groups is 1. The zero-order valence-corrected chi connectivity index (χ0v) is 13.0. The molecule has 0 bridgehead atoms. The van der Waals surface area contributed by atoms with Crippen molar-refractivity contribution < 1.29 is 4.79 Å². The lowest BCUT2D eigenvalue weighted by atomic mass is 10.1. The van der Waals surface area contributed by atoms with Gasteiger partial charge in [-0.3, -0.25) is 4.79 Å². The van der Waals surface area contributed by atoms with Crippen LogP contribution >= 0.6 is 15.9 Å². The van der Waals surface area contributed by atoms with Crippen LogP contribution in [-0.4, -0.2) is 10.9 Å². The monoisotopic (exact) mass is 332 g/mol. The molecule has 1 aromatic heterocycles. The van der Waals surface area contributed by atoms with Crippen LogP contribution in [0.25, 0.3) is 0 Å². The van der Waals surface area contributed by atoms with E-state index in [1.807, 2.05) is 12.1 Å². The molecule has 0 spiro atoms. The Bertz CT molecular complexity index is 564. The van der Waals surface area contributed by atoms with Crippen LogP contribution in [0.15, 0.2) is 47.2 Å². The topological polar surface area (TPSA) is 42.0 Å². The first-order valence-electron chi connectivity index (χ1n) is 6.71. The number of anilines is 1. The van der Waals surface area contributed by atoms with Crippen molar-refractivity contribution in [3.63, 3.8) is 0 Å². The summed E-state index contributed by atoms with van der Waals surface area (Å²) in [6.45, 7) is 2.18. The van der Waals surface area contributed by atoms with E-state index in [-0.39, 0.29) is 5.91 Å². The number of hydrogen-bond donors (Lipinski definition) is 1. The number of benzene rings is 1. The highest BCUT2D eigenvalue weighted by molar-refractivity contribution is 9.10. The lowest BCUT2D eigenvalue weighted by molar-refractivity contribution is 0.102. The van der Waals surface area contributed by atoms with E-state index in [9.17, 15) is 4.79 Å². The Hall–Kier alpha value is -1.68. The molecule has 20 heavy (non-hydrogen) atoms. The number of hydrogen-bond acceptors (Lipinski definition) is 2. The number of unbranched alkanes of at least 4 members (excludes halogenated alkanes) is 1. The zero-order chi connectivity index (χ0) is 14.4. The van der Waals surface area contributed by atoms with Crippen LogP contribution in [-0.2, 0) is 6.42 Å². The number of carbonyl (C=O) groups excluding carboxylic acids is 1. The van der Waals surface area contributed by atoms with Gasteiger partial charge in [-0.1, -0.05) is 25.5 Å². The third-order valence-electron chi connectivity index (χ3n) is 3.02. The molecule has 3 nitrogen and oxygen atoms in total. The number of nitrogens with one attached hydrogen (secondary N) is 1. The van der Waals surface area contributed by atoms with Crippen molar-refractivity contribution >= 4 is 27.5 Å². The molecule has 0 aliphatic carbocycles. The van der Waals surface area contributed by atoms with E-state index >= 15 is 0 Å². The second-order valence-corrected chi connectivity index (χ2v) is 5.44. The van der Waals surface area contributed by atoms with E-state index in [0.29, 0.717) is 10.2 Å². The van der Waals surface area contributed by atoms with Crippen LogP contribution in [0.5, 0.6) is 0 Å². The molecule has 104 valence electrons. The highest BCUT2D eigenvalue weighted by Crippen LogP contribution is 2.13. The summed E-state index contributed by atoms with van der Waals surface area (Å²) >= 11 is 3.25. The summed E-state index contributed by atoms with van der Waals surface area (Å²) in [7, 11) is 0. The summed E-state index contributed by atoms with van der Waals surface area (Å²) in [6.07, 6.45) is 5.02. The van der Waals surface area contributed by atoms with Gasteiger partial charge in [0.05, 0.1) is 5.56 Å². The fourth-order valence-corrected chi connectivity index (χ4v) is 2.08. The predicted molar refractivity (Wildman–Crippen MR) is 84.9 cm³/mol. The minimum atomic E-state index is -0.147. The van der Waals surface area contributed by atoms with Crippen LogP contribution in [0.3, 0.4) is 0 Å². The first kappa shape index (κ1) is 14.7. The zero-order valence-electron chi connectivity index (χ0n) is 11.4. The van der Waals surface area contributed by atoms with Gasteiger partial charge in [-0.2, -0.15) is 0 Å². The van der Waals surface area contributed by atoms with Gasteiger partial charge >= 0.3 is 0 Å². The molecule has 0 radical (unpaired) electrons. The molecule has 2 rings (SSSR count). The molecular formula is C16H17BrN2O. The van der Waals surface area contributed by atoms with Gasteiger partial charge in [0.25, 0.3) is 5.91 Å². The van der Waals surface area contributed by atoms with Crippen molar-refractivity contribution in [2.45, 2.75) is 26.2 Å². The van der Waals surface area contributed by atoms with Crippen molar-refractivity contribution in [2.24, 2.45) is 0 Å². The molecule has 1 heterocycles. The van der Waals surface area contributed by atoms with E-state index < -0.39 is 0 Å². The normalized spacial score (nSPS) is 10.3. The number of amides is 1. The second-order valence-electron chi connectivity index (χ2n) is 4.62. The molecule has 0 saturated carbocycles. The molecule has 0 unspecified atom stereocenters. The summed E-state index contributed by atoms with van der Waals surface area (Å²) in [5, 5.41) is 2.87. The number of aryl methyl sites for hydroxylation is 1. The smallest absolute Gasteiger partial charge is 0.257 e. The quantitative estimate of drug-likeness (QED) is 0.822. The predicted octanol–water partition coefficient (Wildman–Crippen LogP) is 4.44. The molecule has 1 N–H and O–H groups in total. The first-order chi connectivity index (χ1) is 9.69. The molecule has 0 fully saturated rings. The van der Waals surface area contributed by atoms with Gasteiger partial charge in [-0.25, -0.2) is 4.98 Å². The number of nitrogens with zero attached hydrogens (tertiary/aromatic N) is 1. The minimum Gasteiger partial charge on any atom is -0.322 e. The van der Waals surface area contributed by atoms with Crippen molar-refractivity contribution in [1.82, 2.24) is 4.98 Å². The molecule has 0 aliphatic rings. The highest BCUT2D eigenvalue weighted by atomic mass is 79.9. The first-order valence-corrected chi connectivity index (χ1v) is 7.50. The fraction of sp³-hybridized carbons (Fsp3) is 0.250. The van der Waals surface area contributed by atoms with Gasteiger partial charge < -0.3 is 5.32 Å². The number of halogens is 1. The Morgan fingerprint density at radius 3 is 2.55 bits per heavy atom. The van der Waals surface area contributed by atoms with E-state index in [2.05, 4.69) is 45.3 Å². The standard InChI is InChI=1S/C16H17BrN2O/c1-2-3-4-12-5-8-14(9-6-12)19-16(20)13-7-10-15(17)18-11-13/h5-11H,2-4H2,1H3,(H,19,20). The molecular weight excluding hydrogens is 316 g/mol. The van der Waals surface area contributed by atoms with E-state index in [1.54, 1.807) is 18.3 Å². The van der Waals surface area contributed by atoms with E-state index in [4.69, 9.17) is 0 Å². The number of pyridine rings is 1. The summed E-state index contributed by atoms with van der Waals surface area (Å²) in [5.41, 5.74) is 2.65. The molecule has 1 aromatic carbocycles. The third kappa shape index (κ3) is 4.17. The Labute approximate surface area is 127 Å². The summed E-state index contributed by atoms with van der Waals surface area (Å²) in [5.74, 6) is -0.147. The fourth-order valence-electron chi connectivity index (χ4n) is 1.85. The van der Waals surface area contributed by atoms with E-state index in [1.165, 1.54) is 18.4 Å². The van der Waals surface area contributed by atoms with Gasteiger partial charge in [0.2, 0.25) is 0 Å². The number of rotatable bonds is 5. The summed E-state index contributed by atoms with van der Waals surface area (Å²) < 4.78 is 0.717. The maximum Gasteiger partial charge on any atom is 0.257 e. The van der Waals surface area contributed by atoms with E-state index in [0.717, 1.165) is 12.1 Å². The average molecular weight is 333 g/mol. The lowest BCUT2D eigenvalue weighted by Crippen LogP contribution is -2.12. The molecule has 0 aliphatic heterocycles. The van der Waals surface area contributed by atoms with Crippen molar-refractivity contribution in [1.29, 1.82) is 0 Å². The molecule has 2 aromatic rings. The highest BCUT2D eigenvalue weighted by Gasteiger charge is 2.06. The van der Waals surface area contributed by atoms with Crippen LogP contribution in [0, 0.1) is 0 Å². The Kier molecular flexibility index (Phi) is 5.30. The largest absolute Gasteiger partial charge is 0.322 e. The van der Waals surface area contributed by atoms with Crippen molar-refractivity contribution in [3.8, 4) is 0 Å². The van der Waals surface area contributed by atoms with Crippen molar-refractivity contribution in [2.75, 3.05) is 5.32 Å². The molecule has 4 heteroatoms. The second kappa shape index (κ2) is 7.20. The third-order valence-corrected chi connectivity index (χ3v) is 3.49. The Morgan fingerprint density at radius 1 is 1.20 bits per heavy atom.